The molecule has 1 aromatic heterocycles. The second kappa shape index (κ2) is 6.03. The lowest BCUT2D eigenvalue weighted by Crippen LogP contribution is -2.49. The van der Waals surface area contributed by atoms with E-state index in [9.17, 15) is 0 Å². The molecule has 1 saturated heterocycles. The van der Waals surface area contributed by atoms with Gasteiger partial charge in [-0.25, -0.2) is 0 Å². The third-order valence-electron chi connectivity index (χ3n) is 3.55. The van der Waals surface area contributed by atoms with E-state index in [0.717, 1.165) is 47.2 Å². The summed E-state index contributed by atoms with van der Waals surface area (Å²) in [6.07, 6.45) is 0. The van der Waals surface area contributed by atoms with Crippen molar-refractivity contribution in [3.05, 3.63) is 22.7 Å². The standard InChI is InChI=1S/C14H18BrN5O/c1-9-8-20(6-5-16-9)14-17-13(18-19-14)11-7-10(21-2)3-4-12(11)15/h3-4,7,9,16H,5-6,8H2,1-2H3,(H,17,18,19). The Hall–Kier alpha value is -1.60. The summed E-state index contributed by atoms with van der Waals surface area (Å²) >= 11 is 3.54. The van der Waals surface area contributed by atoms with E-state index in [1.165, 1.54) is 0 Å². The molecule has 1 aliphatic heterocycles. The van der Waals surface area contributed by atoms with Gasteiger partial charge in [0.05, 0.1) is 7.11 Å². The summed E-state index contributed by atoms with van der Waals surface area (Å²) in [6.45, 7) is 4.95. The van der Waals surface area contributed by atoms with Crippen LogP contribution in [-0.2, 0) is 0 Å². The highest BCUT2D eigenvalue weighted by atomic mass is 79.9. The van der Waals surface area contributed by atoms with Gasteiger partial charge in [0.25, 0.3) is 0 Å². The molecule has 0 bridgehead atoms. The summed E-state index contributed by atoms with van der Waals surface area (Å²) in [5.74, 6) is 2.27. The lowest BCUT2D eigenvalue weighted by atomic mass is 10.2. The molecule has 2 aromatic rings. The van der Waals surface area contributed by atoms with Gasteiger partial charge in [0.2, 0.25) is 5.95 Å². The van der Waals surface area contributed by atoms with Gasteiger partial charge < -0.3 is 15.0 Å². The molecule has 1 unspecified atom stereocenters. The Balaban J connectivity index is 1.87. The van der Waals surface area contributed by atoms with Crippen molar-refractivity contribution in [2.75, 3.05) is 31.6 Å². The molecule has 0 saturated carbocycles. The number of nitrogens with one attached hydrogen (secondary N) is 2. The van der Waals surface area contributed by atoms with Crippen molar-refractivity contribution in [1.82, 2.24) is 20.5 Å². The zero-order chi connectivity index (χ0) is 14.8. The first-order valence-corrected chi connectivity index (χ1v) is 7.71. The van der Waals surface area contributed by atoms with Crippen molar-refractivity contribution < 1.29 is 4.74 Å². The average molecular weight is 352 g/mol. The van der Waals surface area contributed by atoms with Crippen LogP contribution >= 0.6 is 15.9 Å². The average Bonchev–Trinajstić information content (AvgIpc) is 2.97. The molecule has 21 heavy (non-hydrogen) atoms. The van der Waals surface area contributed by atoms with Crippen molar-refractivity contribution in [3.8, 4) is 17.1 Å². The fourth-order valence-corrected chi connectivity index (χ4v) is 2.88. The molecule has 0 spiro atoms. The smallest absolute Gasteiger partial charge is 0.245 e. The van der Waals surface area contributed by atoms with Gasteiger partial charge in [-0.15, -0.1) is 5.10 Å². The lowest BCUT2D eigenvalue weighted by molar-refractivity contribution is 0.415. The van der Waals surface area contributed by atoms with Crippen molar-refractivity contribution in [1.29, 1.82) is 0 Å². The van der Waals surface area contributed by atoms with E-state index in [-0.39, 0.29) is 0 Å². The molecule has 0 amide bonds. The molecule has 6 nitrogen and oxygen atoms in total. The van der Waals surface area contributed by atoms with E-state index in [1.807, 2.05) is 18.2 Å². The van der Waals surface area contributed by atoms with Crippen molar-refractivity contribution >= 4 is 21.9 Å². The maximum Gasteiger partial charge on any atom is 0.245 e. The molecule has 1 aromatic carbocycles. The van der Waals surface area contributed by atoms with Crippen LogP contribution in [0.3, 0.4) is 0 Å². The zero-order valence-electron chi connectivity index (χ0n) is 12.1. The molecule has 3 rings (SSSR count). The number of aromatic amines is 1. The third-order valence-corrected chi connectivity index (χ3v) is 4.25. The Morgan fingerprint density at radius 2 is 2.29 bits per heavy atom. The number of piperazine rings is 1. The van der Waals surface area contributed by atoms with Crippen LogP contribution in [0.5, 0.6) is 5.75 Å². The number of ether oxygens (including phenoxy) is 1. The van der Waals surface area contributed by atoms with Crippen LogP contribution in [0, 0.1) is 0 Å². The summed E-state index contributed by atoms with van der Waals surface area (Å²) in [5, 5.41) is 10.8. The molecular formula is C14H18BrN5O. The number of hydrogen-bond donors (Lipinski definition) is 2. The van der Waals surface area contributed by atoms with Gasteiger partial charge in [-0.3, -0.25) is 5.10 Å². The van der Waals surface area contributed by atoms with E-state index in [1.54, 1.807) is 7.11 Å². The van der Waals surface area contributed by atoms with Crippen LogP contribution in [0.15, 0.2) is 22.7 Å². The molecule has 7 heteroatoms. The second-order valence-corrected chi connectivity index (χ2v) is 5.99. The number of nitrogens with zero attached hydrogens (tertiary/aromatic N) is 3. The van der Waals surface area contributed by atoms with Gasteiger partial charge in [-0.2, -0.15) is 4.98 Å². The predicted molar refractivity (Wildman–Crippen MR) is 85.7 cm³/mol. The van der Waals surface area contributed by atoms with Crippen LogP contribution in [0.25, 0.3) is 11.4 Å². The van der Waals surface area contributed by atoms with E-state index in [2.05, 4.69) is 48.3 Å². The minimum absolute atomic E-state index is 0.448. The first-order valence-electron chi connectivity index (χ1n) is 6.92. The maximum atomic E-state index is 5.27. The van der Waals surface area contributed by atoms with Crippen molar-refractivity contribution in [3.63, 3.8) is 0 Å². The highest BCUT2D eigenvalue weighted by Gasteiger charge is 2.20. The number of methoxy groups -OCH3 is 1. The lowest BCUT2D eigenvalue weighted by Gasteiger charge is -2.30. The molecule has 112 valence electrons. The predicted octanol–water partition coefficient (Wildman–Crippen LogP) is 2.04. The van der Waals surface area contributed by atoms with Gasteiger partial charge in [-0.1, -0.05) is 15.9 Å². The monoisotopic (exact) mass is 351 g/mol. The normalized spacial score (nSPS) is 18.8. The Morgan fingerprint density at radius 1 is 1.43 bits per heavy atom. The molecule has 0 radical (unpaired) electrons. The Bertz CT molecular complexity index is 630. The first kappa shape index (κ1) is 14.3. The zero-order valence-corrected chi connectivity index (χ0v) is 13.6. The first-order chi connectivity index (χ1) is 10.2. The number of aromatic nitrogens is 3. The fraction of sp³-hybridized carbons (Fsp3) is 0.429. The molecular weight excluding hydrogens is 334 g/mol. The van der Waals surface area contributed by atoms with Gasteiger partial charge in [0.1, 0.15) is 5.75 Å². The third kappa shape index (κ3) is 3.03. The highest BCUT2D eigenvalue weighted by Crippen LogP contribution is 2.30. The molecule has 2 heterocycles. The number of anilines is 1. The van der Waals surface area contributed by atoms with Crippen LogP contribution < -0.4 is 15.0 Å². The van der Waals surface area contributed by atoms with Gasteiger partial charge in [0, 0.05) is 35.7 Å². The van der Waals surface area contributed by atoms with E-state index >= 15 is 0 Å². The Morgan fingerprint density at radius 3 is 3.05 bits per heavy atom. The number of benzene rings is 1. The quantitative estimate of drug-likeness (QED) is 0.885. The minimum Gasteiger partial charge on any atom is -0.497 e. The Kier molecular flexibility index (Phi) is 4.12. The number of rotatable bonds is 3. The van der Waals surface area contributed by atoms with Crippen molar-refractivity contribution in [2.45, 2.75) is 13.0 Å². The molecule has 0 aliphatic carbocycles. The molecule has 1 fully saturated rings. The van der Waals surface area contributed by atoms with Crippen LogP contribution in [0.4, 0.5) is 5.95 Å². The van der Waals surface area contributed by atoms with Gasteiger partial charge >= 0.3 is 0 Å². The van der Waals surface area contributed by atoms with Gasteiger partial charge in [-0.05, 0) is 25.1 Å². The number of H-pyrrole nitrogens is 1. The highest BCUT2D eigenvalue weighted by molar-refractivity contribution is 9.10. The summed E-state index contributed by atoms with van der Waals surface area (Å²) in [4.78, 5) is 6.81. The minimum atomic E-state index is 0.448. The summed E-state index contributed by atoms with van der Waals surface area (Å²) in [5.41, 5.74) is 0.941. The van der Waals surface area contributed by atoms with Gasteiger partial charge in [0.15, 0.2) is 5.82 Å². The summed E-state index contributed by atoms with van der Waals surface area (Å²) in [7, 11) is 1.65. The van der Waals surface area contributed by atoms with Crippen LogP contribution in [0.2, 0.25) is 0 Å². The summed E-state index contributed by atoms with van der Waals surface area (Å²) < 4.78 is 6.22. The molecule has 2 N–H and O–H groups in total. The molecule has 1 atom stereocenters. The fourth-order valence-electron chi connectivity index (χ4n) is 2.44. The number of halogens is 1. The van der Waals surface area contributed by atoms with Crippen molar-refractivity contribution in [2.24, 2.45) is 0 Å². The van der Waals surface area contributed by atoms with Crippen LogP contribution in [-0.4, -0.2) is 48.0 Å². The summed E-state index contributed by atoms with van der Waals surface area (Å²) in [6, 6.07) is 6.24. The van der Waals surface area contributed by atoms with E-state index in [4.69, 9.17) is 4.74 Å². The second-order valence-electron chi connectivity index (χ2n) is 5.13. The van der Waals surface area contributed by atoms with Crippen LogP contribution in [0.1, 0.15) is 6.92 Å². The topological polar surface area (TPSA) is 66.1 Å². The Labute approximate surface area is 132 Å². The number of hydrogen-bond acceptors (Lipinski definition) is 5. The van der Waals surface area contributed by atoms with E-state index < -0.39 is 0 Å². The SMILES string of the molecule is COc1ccc(Br)c(-c2nc(N3CCNC(C)C3)n[nH]2)c1. The molecule has 1 aliphatic rings. The maximum absolute atomic E-state index is 5.27. The van der Waals surface area contributed by atoms with E-state index in [0.29, 0.717) is 6.04 Å². The largest absolute Gasteiger partial charge is 0.497 e.